The van der Waals surface area contributed by atoms with Gasteiger partial charge in [0, 0.05) is 18.6 Å². The molecule has 0 saturated carbocycles. The Labute approximate surface area is 202 Å². The summed E-state index contributed by atoms with van der Waals surface area (Å²) in [5.74, 6) is -0.718. The molecule has 1 saturated heterocycles. The average molecular weight is 494 g/mol. The molecule has 2 aromatic heterocycles. The highest BCUT2D eigenvalue weighted by molar-refractivity contribution is 7.12. The number of imide groups is 1. The molecule has 0 bridgehead atoms. The largest absolute Gasteiger partial charge is 0.467 e. The fraction of sp³-hybridized carbons (Fsp3) is 0.217. The number of nitrogens with one attached hydrogen (secondary N) is 1. The Morgan fingerprint density at radius 3 is 2.80 bits per heavy atom. The quantitative estimate of drug-likeness (QED) is 0.317. The molecular formula is C23H19N5O6S. The number of nitro groups is 1. The number of carbonyl (C=O) groups excluding carboxylic acids is 3. The smallest absolute Gasteiger partial charge is 0.325 e. The first-order valence-electron chi connectivity index (χ1n) is 10.6. The molecular weight excluding hydrogens is 474 g/mol. The Morgan fingerprint density at radius 2 is 2.11 bits per heavy atom. The van der Waals surface area contributed by atoms with Gasteiger partial charge in [0.05, 0.1) is 21.8 Å². The van der Waals surface area contributed by atoms with E-state index in [0.29, 0.717) is 17.9 Å². The van der Waals surface area contributed by atoms with Crippen LogP contribution in [0.25, 0.3) is 0 Å². The predicted molar refractivity (Wildman–Crippen MR) is 124 cm³/mol. The van der Waals surface area contributed by atoms with E-state index in [9.17, 15) is 24.5 Å². The minimum atomic E-state index is -1.56. The van der Waals surface area contributed by atoms with Gasteiger partial charge in [0.1, 0.15) is 23.9 Å². The van der Waals surface area contributed by atoms with Crippen molar-refractivity contribution in [2.24, 2.45) is 5.10 Å². The van der Waals surface area contributed by atoms with Crippen LogP contribution in [-0.4, -0.2) is 44.9 Å². The molecule has 178 valence electrons. The number of rotatable bonds is 6. The van der Waals surface area contributed by atoms with Gasteiger partial charge >= 0.3 is 6.03 Å². The first-order chi connectivity index (χ1) is 16.8. The Balaban J connectivity index is 1.40. The molecule has 12 heteroatoms. The van der Waals surface area contributed by atoms with E-state index in [1.807, 2.05) is 17.5 Å². The molecule has 0 spiro atoms. The average Bonchev–Trinajstić information content (AvgIpc) is 3.63. The molecule has 2 atom stereocenters. The Bertz CT molecular complexity index is 1350. The highest BCUT2D eigenvalue weighted by atomic mass is 32.1. The number of urea groups is 1. The maximum Gasteiger partial charge on any atom is 0.325 e. The lowest BCUT2D eigenvalue weighted by molar-refractivity contribution is -0.385. The van der Waals surface area contributed by atoms with Gasteiger partial charge < -0.3 is 9.73 Å². The minimum Gasteiger partial charge on any atom is -0.467 e. The molecule has 35 heavy (non-hydrogen) atoms. The third-order valence-corrected chi connectivity index (χ3v) is 6.96. The van der Waals surface area contributed by atoms with Gasteiger partial charge in [0.15, 0.2) is 0 Å². The number of amides is 4. The zero-order valence-corrected chi connectivity index (χ0v) is 19.2. The zero-order chi connectivity index (χ0) is 24.7. The van der Waals surface area contributed by atoms with E-state index >= 15 is 0 Å². The van der Waals surface area contributed by atoms with Crippen molar-refractivity contribution in [3.8, 4) is 0 Å². The summed E-state index contributed by atoms with van der Waals surface area (Å²) < 4.78 is 5.52. The Morgan fingerprint density at radius 1 is 1.29 bits per heavy atom. The van der Waals surface area contributed by atoms with Crippen molar-refractivity contribution in [3.63, 3.8) is 0 Å². The summed E-state index contributed by atoms with van der Waals surface area (Å²) in [6.45, 7) is 0.902. The van der Waals surface area contributed by atoms with Crippen LogP contribution in [0, 0.1) is 10.1 Å². The van der Waals surface area contributed by atoms with Crippen molar-refractivity contribution in [3.05, 3.63) is 86.5 Å². The lowest BCUT2D eigenvalue weighted by Crippen LogP contribution is -2.43. The van der Waals surface area contributed by atoms with Gasteiger partial charge in [-0.05, 0) is 36.1 Å². The van der Waals surface area contributed by atoms with Gasteiger partial charge in [-0.1, -0.05) is 18.2 Å². The lowest BCUT2D eigenvalue weighted by Gasteiger charge is -2.24. The summed E-state index contributed by atoms with van der Waals surface area (Å²) in [4.78, 5) is 51.6. The topological polar surface area (TPSA) is 138 Å². The molecule has 1 N–H and O–H groups in total. The number of thiophene rings is 1. The highest BCUT2D eigenvalue weighted by Gasteiger charge is 2.50. The summed E-state index contributed by atoms with van der Waals surface area (Å²) in [5, 5.41) is 21.4. The molecule has 1 aromatic carbocycles. The third-order valence-electron chi connectivity index (χ3n) is 6.05. The molecule has 2 aliphatic heterocycles. The standard InChI is InChI=1S/C23H19N5O6S/c1-23(14-5-2-6-15(11-14)28(32)33)21(30)26(22(31)24-23)13-20(29)27-17(18-7-3-9-34-18)12-16(25-27)19-8-4-10-35-19/h2-11,17H,12-13H2,1H3,(H,24,31). The van der Waals surface area contributed by atoms with E-state index in [0.717, 1.165) is 9.78 Å². The van der Waals surface area contributed by atoms with E-state index in [4.69, 9.17) is 4.42 Å². The van der Waals surface area contributed by atoms with Gasteiger partial charge in [-0.2, -0.15) is 5.10 Å². The molecule has 5 rings (SSSR count). The van der Waals surface area contributed by atoms with E-state index in [2.05, 4.69) is 10.4 Å². The first-order valence-corrected chi connectivity index (χ1v) is 11.5. The van der Waals surface area contributed by atoms with Gasteiger partial charge in [-0.25, -0.2) is 9.80 Å². The summed E-state index contributed by atoms with van der Waals surface area (Å²) in [5.41, 5.74) is -0.824. The monoisotopic (exact) mass is 493 g/mol. The third kappa shape index (κ3) is 3.87. The number of hydrogen-bond acceptors (Lipinski definition) is 8. The molecule has 11 nitrogen and oxygen atoms in total. The van der Waals surface area contributed by atoms with Crippen LogP contribution in [0.15, 0.2) is 69.7 Å². The number of furan rings is 1. The van der Waals surface area contributed by atoms with Crippen molar-refractivity contribution in [1.82, 2.24) is 15.2 Å². The van der Waals surface area contributed by atoms with Crippen LogP contribution in [0.2, 0.25) is 0 Å². The second kappa shape index (κ2) is 8.47. The van der Waals surface area contributed by atoms with Crippen molar-refractivity contribution >= 4 is 40.6 Å². The van der Waals surface area contributed by atoms with Gasteiger partial charge in [-0.15, -0.1) is 11.3 Å². The van der Waals surface area contributed by atoms with E-state index < -0.39 is 40.9 Å². The number of hydrazone groups is 1. The van der Waals surface area contributed by atoms with Crippen LogP contribution in [-0.2, 0) is 15.1 Å². The lowest BCUT2D eigenvalue weighted by atomic mass is 9.91. The Kier molecular flexibility index (Phi) is 5.44. The molecule has 1 fully saturated rings. The molecule has 0 radical (unpaired) electrons. The van der Waals surface area contributed by atoms with E-state index in [1.165, 1.54) is 53.8 Å². The van der Waals surface area contributed by atoms with Crippen molar-refractivity contribution in [2.45, 2.75) is 24.9 Å². The van der Waals surface area contributed by atoms with Crippen LogP contribution >= 0.6 is 11.3 Å². The molecule has 3 aromatic rings. The maximum absolute atomic E-state index is 13.3. The van der Waals surface area contributed by atoms with Crippen LogP contribution in [0.4, 0.5) is 10.5 Å². The van der Waals surface area contributed by atoms with Gasteiger partial charge in [-0.3, -0.25) is 24.6 Å². The number of benzene rings is 1. The SMILES string of the molecule is CC1(c2cccc([N+](=O)[O-])c2)NC(=O)N(CC(=O)N2N=C(c3cccs3)CC2c2ccco2)C1=O. The van der Waals surface area contributed by atoms with Crippen LogP contribution in [0.1, 0.15) is 35.6 Å². The van der Waals surface area contributed by atoms with Crippen molar-refractivity contribution in [1.29, 1.82) is 0 Å². The maximum atomic E-state index is 13.3. The van der Waals surface area contributed by atoms with E-state index in [-0.39, 0.29) is 11.3 Å². The number of hydrogen-bond donors (Lipinski definition) is 1. The number of nitrogens with zero attached hydrogens (tertiary/aromatic N) is 4. The number of non-ortho nitro benzene ring substituents is 1. The number of carbonyl (C=O) groups is 3. The highest BCUT2D eigenvalue weighted by Crippen LogP contribution is 2.35. The van der Waals surface area contributed by atoms with Crippen molar-refractivity contribution < 1.29 is 23.7 Å². The summed E-state index contributed by atoms with van der Waals surface area (Å²) in [7, 11) is 0. The second-order valence-corrected chi connectivity index (χ2v) is 9.20. The Hall–Kier alpha value is -4.32. The minimum absolute atomic E-state index is 0.214. The molecule has 2 unspecified atom stereocenters. The first kappa shape index (κ1) is 22.5. The van der Waals surface area contributed by atoms with Gasteiger partial charge in [0.25, 0.3) is 17.5 Å². The number of nitro benzene ring substituents is 1. The van der Waals surface area contributed by atoms with Crippen LogP contribution in [0.5, 0.6) is 0 Å². The fourth-order valence-electron chi connectivity index (χ4n) is 4.21. The normalized spacial score (nSPS) is 21.9. The zero-order valence-electron chi connectivity index (χ0n) is 18.4. The van der Waals surface area contributed by atoms with Crippen LogP contribution < -0.4 is 5.32 Å². The van der Waals surface area contributed by atoms with Crippen LogP contribution in [0.3, 0.4) is 0 Å². The molecule has 2 aliphatic rings. The predicted octanol–water partition coefficient (Wildman–Crippen LogP) is 3.39. The van der Waals surface area contributed by atoms with E-state index in [1.54, 1.807) is 12.1 Å². The molecule has 4 amide bonds. The summed E-state index contributed by atoms with van der Waals surface area (Å²) >= 11 is 1.49. The summed E-state index contributed by atoms with van der Waals surface area (Å²) in [6.07, 6.45) is 1.92. The second-order valence-electron chi connectivity index (χ2n) is 8.25. The molecule has 0 aliphatic carbocycles. The fourth-order valence-corrected chi connectivity index (χ4v) is 4.93. The van der Waals surface area contributed by atoms with Crippen molar-refractivity contribution in [2.75, 3.05) is 6.54 Å². The molecule has 4 heterocycles. The summed E-state index contributed by atoms with van der Waals surface area (Å²) in [6, 6.07) is 11.4. The van der Waals surface area contributed by atoms with Gasteiger partial charge in [0.2, 0.25) is 0 Å².